The maximum atomic E-state index is 12.9. The number of nitrogens with zero attached hydrogens (tertiary/aromatic N) is 3. The summed E-state index contributed by atoms with van der Waals surface area (Å²) in [6.45, 7) is 0.560. The van der Waals surface area contributed by atoms with Gasteiger partial charge in [-0.05, 0) is 29.8 Å². The number of hydrogen-bond donors (Lipinski definition) is 0. The predicted molar refractivity (Wildman–Crippen MR) is 90.9 cm³/mol. The predicted octanol–water partition coefficient (Wildman–Crippen LogP) is 3.47. The molecule has 0 atom stereocenters. The minimum absolute atomic E-state index is 0.00499. The number of amides is 1. The molecule has 0 aliphatic heterocycles. The van der Waals surface area contributed by atoms with E-state index >= 15 is 0 Å². The molecule has 1 aromatic heterocycles. The van der Waals surface area contributed by atoms with Crippen molar-refractivity contribution in [3.05, 3.63) is 71.9 Å². The highest BCUT2D eigenvalue weighted by molar-refractivity contribution is 5.76. The van der Waals surface area contributed by atoms with Gasteiger partial charge in [-0.1, -0.05) is 35.5 Å². The Bertz CT molecular complexity index is 831. The zero-order valence-electron chi connectivity index (χ0n) is 13.9. The van der Waals surface area contributed by atoms with Gasteiger partial charge in [-0.3, -0.25) is 4.79 Å². The summed E-state index contributed by atoms with van der Waals surface area (Å²) in [5.74, 6) is 0.464. The third-order valence-corrected chi connectivity index (χ3v) is 3.81. The molecule has 0 N–H and O–H groups in total. The lowest BCUT2D eigenvalue weighted by Gasteiger charge is -2.16. The van der Waals surface area contributed by atoms with E-state index in [1.165, 1.54) is 12.1 Å². The van der Waals surface area contributed by atoms with Gasteiger partial charge in [0.1, 0.15) is 5.82 Å². The summed E-state index contributed by atoms with van der Waals surface area (Å²) in [5, 5.41) is 3.87. The first-order valence-electron chi connectivity index (χ1n) is 7.98. The van der Waals surface area contributed by atoms with Crippen LogP contribution in [0.1, 0.15) is 17.9 Å². The second-order valence-corrected chi connectivity index (χ2v) is 5.75. The average Bonchev–Trinajstić information content (AvgIpc) is 3.10. The highest BCUT2D eigenvalue weighted by Crippen LogP contribution is 2.17. The molecule has 6 heteroatoms. The van der Waals surface area contributed by atoms with E-state index in [4.69, 9.17) is 4.52 Å². The highest BCUT2D eigenvalue weighted by atomic mass is 19.1. The van der Waals surface area contributed by atoms with Gasteiger partial charge in [0, 0.05) is 32.0 Å². The van der Waals surface area contributed by atoms with Gasteiger partial charge < -0.3 is 9.42 Å². The Hall–Kier alpha value is -3.02. The molecule has 0 bridgehead atoms. The lowest BCUT2D eigenvalue weighted by atomic mass is 10.2. The maximum absolute atomic E-state index is 12.9. The van der Waals surface area contributed by atoms with E-state index in [0.29, 0.717) is 30.2 Å². The van der Waals surface area contributed by atoms with Crippen LogP contribution in [0.5, 0.6) is 0 Å². The average molecular weight is 339 g/mol. The zero-order valence-corrected chi connectivity index (χ0v) is 13.9. The number of rotatable bonds is 6. The second-order valence-electron chi connectivity index (χ2n) is 5.75. The Balaban J connectivity index is 1.54. The molecule has 128 valence electrons. The van der Waals surface area contributed by atoms with Crippen molar-refractivity contribution in [3.8, 4) is 11.4 Å². The van der Waals surface area contributed by atoms with E-state index in [2.05, 4.69) is 10.1 Å². The molecule has 2 aromatic carbocycles. The van der Waals surface area contributed by atoms with Crippen molar-refractivity contribution >= 4 is 5.91 Å². The number of carbonyl (C=O) groups excluding carboxylic acids is 1. The third-order valence-electron chi connectivity index (χ3n) is 3.81. The van der Waals surface area contributed by atoms with Crippen LogP contribution >= 0.6 is 0 Å². The van der Waals surface area contributed by atoms with Crippen LogP contribution in [-0.4, -0.2) is 28.0 Å². The van der Waals surface area contributed by atoms with Crippen LogP contribution in [0.2, 0.25) is 0 Å². The Morgan fingerprint density at radius 3 is 2.56 bits per heavy atom. The van der Waals surface area contributed by atoms with E-state index in [1.54, 1.807) is 24.1 Å². The summed E-state index contributed by atoms with van der Waals surface area (Å²) < 4.78 is 18.1. The molecule has 0 saturated carbocycles. The zero-order chi connectivity index (χ0) is 17.6. The summed E-state index contributed by atoms with van der Waals surface area (Å²) in [4.78, 5) is 18.2. The molecule has 25 heavy (non-hydrogen) atoms. The first-order chi connectivity index (χ1) is 12.1. The first-order valence-corrected chi connectivity index (χ1v) is 7.98. The highest BCUT2D eigenvalue weighted by Gasteiger charge is 2.13. The van der Waals surface area contributed by atoms with Crippen LogP contribution in [0.15, 0.2) is 59.1 Å². The maximum Gasteiger partial charge on any atom is 0.227 e. The van der Waals surface area contributed by atoms with Gasteiger partial charge in [-0.25, -0.2) is 4.39 Å². The number of aryl methyl sites for hydroxylation is 1. The SMILES string of the molecule is CN(Cc1ccccc1)C(=O)CCc1nc(-c2ccc(F)cc2)no1. The van der Waals surface area contributed by atoms with Crippen molar-refractivity contribution in [3.63, 3.8) is 0 Å². The largest absolute Gasteiger partial charge is 0.341 e. The van der Waals surface area contributed by atoms with Gasteiger partial charge in [0.05, 0.1) is 0 Å². The Kier molecular flexibility index (Phi) is 5.18. The Morgan fingerprint density at radius 1 is 1.12 bits per heavy atom. The van der Waals surface area contributed by atoms with E-state index < -0.39 is 0 Å². The standard InChI is InChI=1S/C19H18FN3O2/c1-23(13-14-5-3-2-4-6-14)18(24)12-11-17-21-19(22-25-17)15-7-9-16(20)10-8-15/h2-10H,11-13H2,1H3. The van der Waals surface area contributed by atoms with Gasteiger partial charge in [-0.2, -0.15) is 4.98 Å². The van der Waals surface area contributed by atoms with Crippen LogP contribution in [0.3, 0.4) is 0 Å². The van der Waals surface area contributed by atoms with Crippen molar-refractivity contribution < 1.29 is 13.7 Å². The molecule has 1 amide bonds. The molecular weight excluding hydrogens is 321 g/mol. The Morgan fingerprint density at radius 2 is 1.84 bits per heavy atom. The molecule has 1 heterocycles. The molecular formula is C19H18FN3O2. The monoisotopic (exact) mass is 339 g/mol. The smallest absolute Gasteiger partial charge is 0.227 e. The molecule has 0 saturated heterocycles. The minimum atomic E-state index is -0.320. The van der Waals surface area contributed by atoms with E-state index in [1.807, 2.05) is 30.3 Å². The fraction of sp³-hybridized carbons (Fsp3) is 0.211. The second kappa shape index (κ2) is 7.70. The van der Waals surface area contributed by atoms with Gasteiger partial charge in [-0.15, -0.1) is 0 Å². The van der Waals surface area contributed by atoms with Crippen LogP contribution in [0.25, 0.3) is 11.4 Å². The molecule has 0 radical (unpaired) electrons. The van der Waals surface area contributed by atoms with E-state index in [0.717, 1.165) is 5.56 Å². The van der Waals surface area contributed by atoms with Gasteiger partial charge in [0.25, 0.3) is 0 Å². The minimum Gasteiger partial charge on any atom is -0.341 e. The molecule has 0 aliphatic rings. The molecule has 0 fully saturated rings. The summed E-state index contributed by atoms with van der Waals surface area (Å²) >= 11 is 0. The van der Waals surface area contributed by atoms with Crippen molar-refractivity contribution in [1.29, 1.82) is 0 Å². The first kappa shape index (κ1) is 16.8. The molecule has 5 nitrogen and oxygen atoms in total. The quantitative estimate of drug-likeness (QED) is 0.690. The van der Waals surface area contributed by atoms with Crippen molar-refractivity contribution in [2.75, 3.05) is 7.05 Å². The normalized spacial score (nSPS) is 10.6. The van der Waals surface area contributed by atoms with Crippen molar-refractivity contribution in [2.45, 2.75) is 19.4 Å². The van der Waals surface area contributed by atoms with Crippen molar-refractivity contribution in [2.24, 2.45) is 0 Å². The van der Waals surface area contributed by atoms with Crippen LogP contribution in [-0.2, 0) is 17.8 Å². The summed E-state index contributed by atoms with van der Waals surface area (Å²) in [6.07, 6.45) is 0.653. The molecule has 0 aliphatic carbocycles. The summed E-state index contributed by atoms with van der Waals surface area (Å²) in [7, 11) is 1.77. The number of aromatic nitrogens is 2. The summed E-state index contributed by atoms with van der Waals surface area (Å²) in [5.41, 5.74) is 1.75. The van der Waals surface area contributed by atoms with Crippen LogP contribution < -0.4 is 0 Å². The van der Waals surface area contributed by atoms with E-state index in [9.17, 15) is 9.18 Å². The topological polar surface area (TPSA) is 59.2 Å². The molecule has 0 unspecified atom stereocenters. The number of benzene rings is 2. The molecule has 0 spiro atoms. The molecule has 3 rings (SSSR count). The van der Waals surface area contributed by atoms with Gasteiger partial charge in [0.2, 0.25) is 17.6 Å². The van der Waals surface area contributed by atoms with Gasteiger partial charge >= 0.3 is 0 Å². The summed E-state index contributed by atoms with van der Waals surface area (Å²) in [6, 6.07) is 15.7. The van der Waals surface area contributed by atoms with Crippen molar-refractivity contribution in [1.82, 2.24) is 15.0 Å². The van der Waals surface area contributed by atoms with E-state index in [-0.39, 0.29) is 18.1 Å². The fourth-order valence-corrected chi connectivity index (χ4v) is 2.42. The number of halogens is 1. The Labute approximate surface area is 145 Å². The number of hydrogen-bond acceptors (Lipinski definition) is 4. The number of carbonyl (C=O) groups is 1. The fourth-order valence-electron chi connectivity index (χ4n) is 2.42. The van der Waals surface area contributed by atoms with Gasteiger partial charge in [0.15, 0.2) is 0 Å². The lowest BCUT2D eigenvalue weighted by Crippen LogP contribution is -2.26. The van der Waals surface area contributed by atoms with Crippen LogP contribution in [0.4, 0.5) is 4.39 Å². The van der Waals surface area contributed by atoms with Crippen LogP contribution in [0, 0.1) is 5.82 Å². The third kappa shape index (κ3) is 4.50. The molecule has 3 aromatic rings. The lowest BCUT2D eigenvalue weighted by molar-refractivity contribution is -0.130.